The van der Waals surface area contributed by atoms with Crippen LogP contribution in [-0.4, -0.2) is 41.6 Å². The molecule has 0 radical (unpaired) electrons. The van der Waals surface area contributed by atoms with Crippen molar-refractivity contribution in [1.29, 1.82) is 0 Å². The Bertz CT molecular complexity index is 882. The molecule has 0 aliphatic heterocycles. The fourth-order valence-corrected chi connectivity index (χ4v) is 2.01. The molecule has 0 amide bonds. The lowest BCUT2D eigenvalue weighted by molar-refractivity contribution is -0.131. The maximum atomic E-state index is 13.9. The van der Waals surface area contributed by atoms with E-state index in [-0.39, 0.29) is 22.3 Å². The monoisotopic (exact) mass is 289 g/mol. The third-order valence-corrected chi connectivity index (χ3v) is 2.91. The Labute approximate surface area is 116 Å². The molecule has 3 heterocycles. The number of hydrogen-bond donors (Lipinski definition) is 2. The first-order valence-corrected chi connectivity index (χ1v) is 5.81. The van der Waals surface area contributed by atoms with Crippen LogP contribution in [0.1, 0.15) is 16.2 Å². The number of aromatic nitrogens is 5. The summed E-state index contributed by atoms with van der Waals surface area (Å²) in [5.41, 5.74) is -0.0972. The highest BCUT2D eigenvalue weighted by atomic mass is 19.1. The van der Waals surface area contributed by atoms with E-state index < -0.39 is 17.6 Å². The molecule has 0 saturated heterocycles. The van der Waals surface area contributed by atoms with Crippen LogP contribution in [-0.2, 0) is 4.79 Å². The number of nitrogens with one attached hydrogen (secondary N) is 1. The highest BCUT2D eigenvalue weighted by Gasteiger charge is 2.23. The molecule has 8 nitrogen and oxygen atoms in total. The lowest BCUT2D eigenvalue weighted by Crippen LogP contribution is -2.12. The number of carbonyl (C=O) groups excluding carboxylic acids is 1. The van der Waals surface area contributed by atoms with E-state index in [0.717, 1.165) is 12.4 Å². The maximum Gasteiger partial charge on any atom is 0.377 e. The van der Waals surface area contributed by atoms with Crippen molar-refractivity contribution in [2.75, 3.05) is 0 Å². The molecule has 0 aliphatic rings. The van der Waals surface area contributed by atoms with Crippen molar-refractivity contribution in [2.24, 2.45) is 0 Å². The highest BCUT2D eigenvalue weighted by molar-refractivity contribution is 6.42. The molecular weight excluding hydrogens is 281 g/mol. The van der Waals surface area contributed by atoms with Gasteiger partial charge in [-0.2, -0.15) is 5.10 Å². The van der Waals surface area contributed by atoms with Crippen molar-refractivity contribution in [3.8, 4) is 5.82 Å². The molecule has 0 bridgehead atoms. The summed E-state index contributed by atoms with van der Waals surface area (Å²) in [6.07, 6.45) is 3.43. The molecule has 0 saturated carbocycles. The first kappa shape index (κ1) is 12.9. The van der Waals surface area contributed by atoms with Crippen LogP contribution >= 0.6 is 0 Å². The van der Waals surface area contributed by atoms with Crippen molar-refractivity contribution in [2.45, 2.75) is 6.92 Å². The van der Waals surface area contributed by atoms with Gasteiger partial charge in [0.1, 0.15) is 12.2 Å². The number of Topliss-reactive ketones (excluding diaryl/α,β-unsaturated/α-hetero) is 1. The van der Waals surface area contributed by atoms with Gasteiger partial charge in [-0.1, -0.05) is 0 Å². The molecule has 0 aliphatic carbocycles. The number of H-pyrrole nitrogens is 1. The number of aromatic amines is 1. The Morgan fingerprint density at radius 3 is 2.76 bits per heavy atom. The summed E-state index contributed by atoms with van der Waals surface area (Å²) in [4.78, 5) is 32.9. The van der Waals surface area contributed by atoms with E-state index in [2.05, 4.69) is 20.1 Å². The third kappa shape index (κ3) is 1.95. The fraction of sp³-hybridized carbons (Fsp3) is 0.0833. The lowest BCUT2D eigenvalue weighted by atomic mass is 10.1. The van der Waals surface area contributed by atoms with Gasteiger partial charge in [0, 0.05) is 6.20 Å². The summed E-state index contributed by atoms with van der Waals surface area (Å²) in [5.74, 6) is -2.95. The Morgan fingerprint density at radius 1 is 1.38 bits per heavy atom. The normalized spacial score (nSPS) is 11.0. The van der Waals surface area contributed by atoms with Crippen molar-refractivity contribution in [1.82, 2.24) is 24.7 Å². The number of carboxylic acid groups (broad SMARTS) is 1. The second-order valence-corrected chi connectivity index (χ2v) is 4.25. The topological polar surface area (TPSA) is 114 Å². The van der Waals surface area contributed by atoms with Gasteiger partial charge in [0.25, 0.3) is 5.78 Å². The average molecular weight is 289 g/mol. The van der Waals surface area contributed by atoms with Gasteiger partial charge in [0.05, 0.1) is 22.7 Å². The zero-order valence-corrected chi connectivity index (χ0v) is 10.7. The van der Waals surface area contributed by atoms with E-state index in [1.165, 1.54) is 11.0 Å². The molecular formula is C12H8FN5O3. The van der Waals surface area contributed by atoms with Crippen molar-refractivity contribution < 1.29 is 19.1 Å². The molecule has 0 aromatic carbocycles. The van der Waals surface area contributed by atoms with Crippen molar-refractivity contribution in [3.63, 3.8) is 0 Å². The molecule has 9 heteroatoms. The van der Waals surface area contributed by atoms with Gasteiger partial charge in [-0.3, -0.25) is 4.79 Å². The van der Waals surface area contributed by atoms with Gasteiger partial charge < -0.3 is 10.1 Å². The van der Waals surface area contributed by atoms with E-state index >= 15 is 0 Å². The number of carboxylic acids is 1. The van der Waals surface area contributed by atoms with Crippen LogP contribution in [0.3, 0.4) is 0 Å². The van der Waals surface area contributed by atoms with E-state index in [9.17, 15) is 14.0 Å². The number of halogens is 1. The average Bonchev–Trinajstić information content (AvgIpc) is 3.05. The maximum absolute atomic E-state index is 13.9. The minimum atomic E-state index is -1.66. The third-order valence-electron chi connectivity index (χ3n) is 2.91. The first-order chi connectivity index (χ1) is 9.99. The number of rotatable bonds is 3. The first-order valence-electron chi connectivity index (χ1n) is 5.81. The molecule has 0 fully saturated rings. The van der Waals surface area contributed by atoms with E-state index in [4.69, 9.17) is 5.11 Å². The SMILES string of the molecule is Cc1ncn(-c2ncc(F)c3c(C(=O)C(=O)O)c[nH]c23)n1. The number of ketones is 1. The summed E-state index contributed by atoms with van der Waals surface area (Å²) in [7, 11) is 0. The number of aliphatic carboxylic acids is 1. The molecule has 2 N–H and O–H groups in total. The Balaban J connectivity index is 2.29. The Kier molecular flexibility index (Phi) is 2.75. The van der Waals surface area contributed by atoms with Crippen LogP contribution in [0.15, 0.2) is 18.7 Å². The number of aryl methyl sites for hydroxylation is 1. The van der Waals surface area contributed by atoms with Crippen LogP contribution in [0.5, 0.6) is 0 Å². The predicted octanol–water partition coefficient (Wildman–Crippen LogP) is 0.858. The van der Waals surface area contributed by atoms with Gasteiger partial charge in [-0.25, -0.2) is 23.8 Å². The Hall–Kier alpha value is -3.10. The smallest absolute Gasteiger partial charge is 0.377 e. The highest BCUT2D eigenvalue weighted by Crippen LogP contribution is 2.25. The van der Waals surface area contributed by atoms with Gasteiger partial charge >= 0.3 is 5.97 Å². The molecule has 0 unspecified atom stereocenters. The van der Waals surface area contributed by atoms with E-state index in [1.54, 1.807) is 6.92 Å². The largest absolute Gasteiger partial charge is 0.475 e. The van der Waals surface area contributed by atoms with Crippen LogP contribution < -0.4 is 0 Å². The van der Waals surface area contributed by atoms with Gasteiger partial charge in [-0.05, 0) is 6.92 Å². The molecule has 0 atom stereocenters. The zero-order chi connectivity index (χ0) is 15.1. The van der Waals surface area contributed by atoms with E-state index in [1.807, 2.05) is 0 Å². The Morgan fingerprint density at radius 2 is 2.14 bits per heavy atom. The number of pyridine rings is 1. The second-order valence-electron chi connectivity index (χ2n) is 4.25. The summed E-state index contributed by atoms with van der Waals surface area (Å²) in [5, 5.41) is 12.7. The van der Waals surface area contributed by atoms with Crippen LogP contribution in [0.4, 0.5) is 4.39 Å². The van der Waals surface area contributed by atoms with Gasteiger partial charge in [0.2, 0.25) is 0 Å². The molecule has 106 valence electrons. The summed E-state index contributed by atoms with van der Waals surface area (Å²) in [6, 6.07) is 0. The van der Waals surface area contributed by atoms with E-state index in [0.29, 0.717) is 5.82 Å². The lowest BCUT2D eigenvalue weighted by Gasteiger charge is -2.02. The number of fused-ring (bicyclic) bond motifs is 1. The quantitative estimate of drug-likeness (QED) is 0.546. The standard InChI is InChI=1S/C12H8FN5O3/c1-5-16-4-18(17-5)11-9-8(7(13)3-15-11)6(2-14-9)10(19)12(20)21/h2-4,14H,1H3,(H,20,21). The minimum Gasteiger partial charge on any atom is -0.475 e. The van der Waals surface area contributed by atoms with Crippen LogP contribution in [0, 0.1) is 12.7 Å². The van der Waals surface area contributed by atoms with Gasteiger partial charge in [-0.15, -0.1) is 0 Å². The molecule has 0 spiro atoms. The van der Waals surface area contributed by atoms with Gasteiger partial charge in [0.15, 0.2) is 11.6 Å². The minimum absolute atomic E-state index is 0.138. The second kappa shape index (κ2) is 4.47. The predicted molar refractivity (Wildman–Crippen MR) is 67.7 cm³/mol. The molecule has 3 rings (SSSR count). The van der Waals surface area contributed by atoms with Crippen LogP contribution in [0.25, 0.3) is 16.7 Å². The van der Waals surface area contributed by atoms with Crippen molar-refractivity contribution >= 4 is 22.7 Å². The summed E-state index contributed by atoms with van der Waals surface area (Å²) < 4.78 is 15.2. The van der Waals surface area contributed by atoms with Crippen molar-refractivity contribution in [3.05, 3.63) is 35.9 Å². The number of hydrogen-bond acceptors (Lipinski definition) is 5. The molecule has 3 aromatic rings. The number of carbonyl (C=O) groups is 2. The summed E-state index contributed by atoms with van der Waals surface area (Å²) in [6.45, 7) is 1.67. The fourth-order valence-electron chi connectivity index (χ4n) is 2.01. The van der Waals surface area contributed by atoms with Crippen LogP contribution in [0.2, 0.25) is 0 Å². The number of nitrogens with zero attached hydrogens (tertiary/aromatic N) is 4. The summed E-state index contributed by atoms with van der Waals surface area (Å²) >= 11 is 0. The molecule has 3 aromatic heterocycles. The zero-order valence-electron chi connectivity index (χ0n) is 10.7. The molecule has 21 heavy (non-hydrogen) atoms.